The number of hydrogen-bond acceptors (Lipinski definition) is 3. The molecule has 5 heteroatoms. The molecule has 1 fully saturated rings. The number of nitrogens with zero attached hydrogens (tertiary/aromatic N) is 2. The Morgan fingerprint density at radius 3 is 2.42 bits per heavy atom. The Labute approximate surface area is 196 Å². The molecule has 0 radical (unpaired) electrons. The highest BCUT2D eigenvalue weighted by molar-refractivity contribution is 5.94. The smallest absolute Gasteiger partial charge is 0.253 e. The van der Waals surface area contributed by atoms with Crippen LogP contribution in [0.5, 0.6) is 0 Å². The van der Waals surface area contributed by atoms with Crippen molar-refractivity contribution < 1.29 is 13.6 Å². The molecule has 3 aromatic rings. The third-order valence-corrected chi connectivity index (χ3v) is 6.34. The zero-order valence-electron chi connectivity index (χ0n) is 19.7. The number of rotatable bonds is 8. The van der Waals surface area contributed by atoms with E-state index in [9.17, 15) is 9.18 Å². The standard InChI is InChI=1S/C28H33FN2O2/c1-20(2)15-31(28(32)23-7-5-4-6-8-23)17-24-16-30(18-26-14-9-21(3)33-26)19-27(24)22-10-12-25(29)13-11-22/h4-14,20,24,27H,15-19H2,1-3H3/t24-,27+/m1/s1. The number of furan rings is 1. The van der Waals surface area contributed by atoms with Crippen LogP contribution in [0.25, 0.3) is 0 Å². The molecule has 4 nitrogen and oxygen atoms in total. The minimum atomic E-state index is -0.225. The van der Waals surface area contributed by atoms with E-state index >= 15 is 0 Å². The normalized spacial score (nSPS) is 18.7. The molecule has 1 aliphatic heterocycles. The van der Waals surface area contributed by atoms with Crippen LogP contribution in [0.15, 0.2) is 71.1 Å². The number of benzene rings is 2. The Bertz CT molecular complexity index is 1050. The van der Waals surface area contributed by atoms with Gasteiger partial charge in [0.25, 0.3) is 5.91 Å². The summed E-state index contributed by atoms with van der Waals surface area (Å²) in [5.41, 5.74) is 1.84. The topological polar surface area (TPSA) is 36.7 Å². The molecule has 2 aromatic carbocycles. The molecule has 33 heavy (non-hydrogen) atoms. The quantitative estimate of drug-likeness (QED) is 0.441. The third kappa shape index (κ3) is 5.91. The summed E-state index contributed by atoms with van der Waals surface area (Å²) in [6.45, 7) is 10.1. The average molecular weight is 449 g/mol. The van der Waals surface area contributed by atoms with Gasteiger partial charge in [0.15, 0.2) is 0 Å². The number of likely N-dealkylation sites (tertiary alicyclic amines) is 1. The van der Waals surface area contributed by atoms with Gasteiger partial charge in [-0.1, -0.05) is 44.2 Å². The molecule has 1 saturated heterocycles. The van der Waals surface area contributed by atoms with Gasteiger partial charge in [0.05, 0.1) is 6.54 Å². The van der Waals surface area contributed by atoms with Crippen molar-refractivity contribution in [2.24, 2.45) is 11.8 Å². The Kier molecular flexibility index (Phi) is 7.29. The third-order valence-electron chi connectivity index (χ3n) is 6.34. The molecular formula is C28H33FN2O2. The summed E-state index contributed by atoms with van der Waals surface area (Å²) >= 11 is 0. The van der Waals surface area contributed by atoms with Gasteiger partial charge < -0.3 is 9.32 Å². The second-order valence-corrected chi connectivity index (χ2v) is 9.59. The summed E-state index contributed by atoms with van der Waals surface area (Å²) in [5, 5.41) is 0. The van der Waals surface area contributed by atoms with Gasteiger partial charge in [-0.15, -0.1) is 0 Å². The molecule has 174 valence electrons. The first-order valence-corrected chi connectivity index (χ1v) is 11.8. The van der Waals surface area contributed by atoms with Crippen LogP contribution in [0.2, 0.25) is 0 Å². The fourth-order valence-electron chi connectivity index (χ4n) is 4.88. The lowest BCUT2D eigenvalue weighted by molar-refractivity contribution is 0.0703. The maximum absolute atomic E-state index is 13.6. The Morgan fingerprint density at radius 1 is 1.06 bits per heavy atom. The van der Waals surface area contributed by atoms with E-state index in [1.807, 2.05) is 66.4 Å². The molecule has 0 bridgehead atoms. The van der Waals surface area contributed by atoms with Gasteiger partial charge in [0, 0.05) is 37.7 Å². The van der Waals surface area contributed by atoms with Crippen molar-refractivity contribution in [1.29, 1.82) is 0 Å². The van der Waals surface area contributed by atoms with Crippen molar-refractivity contribution >= 4 is 5.91 Å². The van der Waals surface area contributed by atoms with Crippen molar-refractivity contribution in [2.45, 2.75) is 33.2 Å². The number of aryl methyl sites for hydroxylation is 1. The summed E-state index contributed by atoms with van der Waals surface area (Å²) in [5.74, 6) is 2.54. The number of hydrogen-bond donors (Lipinski definition) is 0. The highest BCUT2D eigenvalue weighted by Gasteiger charge is 2.36. The van der Waals surface area contributed by atoms with Crippen molar-refractivity contribution in [2.75, 3.05) is 26.2 Å². The van der Waals surface area contributed by atoms with E-state index < -0.39 is 0 Å². The van der Waals surface area contributed by atoms with Crippen LogP contribution in [0, 0.1) is 24.6 Å². The predicted octanol–water partition coefficient (Wildman–Crippen LogP) is 5.74. The summed E-state index contributed by atoms with van der Waals surface area (Å²) in [6, 6.07) is 20.4. The van der Waals surface area contributed by atoms with E-state index in [2.05, 4.69) is 18.7 Å². The monoisotopic (exact) mass is 448 g/mol. The molecule has 1 aromatic heterocycles. The van der Waals surface area contributed by atoms with Crippen LogP contribution in [0.4, 0.5) is 4.39 Å². The molecule has 0 saturated carbocycles. The maximum atomic E-state index is 13.6. The largest absolute Gasteiger partial charge is 0.465 e. The second-order valence-electron chi connectivity index (χ2n) is 9.59. The van der Waals surface area contributed by atoms with Crippen LogP contribution < -0.4 is 0 Å². The summed E-state index contributed by atoms with van der Waals surface area (Å²) in [7, 11) is 0. The van der Waals surface area contributed by atoms with Gasteiger partial charge in [-0.05, 0) is 60.7 Å². The van der Waals surface area contributed by atoms with Crippen molar-refractivity contribution in [3.8, 4) is 0 Å². The molecule has 2 heterocycles. The number of carbonyl (C=O) groups is 1. The number of carbonyl (C=O) groups excluding carboxylic acids is 1. The number of amides is 1. The lowest BCUT2D eigenvalue weighted by Gasteiger charge is -2.30. The molecule has 4 rings (SSSR count). The Balaban J connectivity index is 1.57. The zero-order chi connectivity index (χ0) is 23.4. The van der Waals surface area contributed by atoms with Crippen LogP contribution in [0.3, 0.4) is 0 Å². The van der Waals surface area contributed by atoms with Gasteiger partial charge in [-0.2, -0.15) is 0 Å². The van der Waals surface area contributed by atoms with Crippen LogP contribution in [0.1, 0.15) is 47.2 Å². The average Bonchev–Trinajstić information content (AvgIpc) is 3.39. The van der Waals surface area contributed by atoms with E-state index in [-0.39, 0.29) is 23.6 Å². The predicted molar refractivity (Wildman–Crippen MR) is 129 cm³/mol. The fraction of sp³-hybridized carbons (Fsp3) is 0.393. The van der Waals surface area contributed by atoms with Gasteiger partial charge in [-0.3, -0.25) is 9.69 Å². The van der Waals surface area contributed by atoms with E-state index in [1.165, 1.54) is 12.1 Å². The number of halogens is 1. The molecule has 1 aliphatic rings. The summed E-state index contributed by atoms with van der Waals surface area (Å²) in [6.07, 6.45) is 0. The first kappa shape index (κ1) is 23.2. The summed E-state index contributed by atoms with van der Waals surface area (Å²) in [4.78, 5) is 17.8. The SMILES string of the molecule is Cc1ccc(CN2C[C@H](CN(CC(C)C)C(=O)c3ccccc3)[C@H](c3ccc(F)cc3)C2)o1. The minimum absolute atomic E-state index is 0.0715. The Morgan fingerprint density at radius 2 is 1.79 bits per heavy atom. The highest BCUT2D eigenvalue weighted by atomic mass is 19.1. The molecule has 0 spiro atoms. The van der Waals surface area contributed by atoms with Crippen LogP contribution in [-0.2, 0) is 6.54 Å². The lowest BCUT2D eigenvalue weighted by Crippen LogP contribution is -2.39. The molecule has 2 atom stereocenters. The first-order valence-electron chi connectivity index (χ1n) is 11.8. The van der Waals surface area contributed by atoms with Gasteiger partial charge in [-0.25, -0.2) is 4.39 Å². The highest BCUT2D eigenvalue weighted by Crippen LogP contribution is 2.35. The van der Waals surface area contributed by atoms with E-state index in [0.717, 1.165) is 42.3 Å². The van der Waals surface area contributed by atoms with Crippen LogP contribution >= 0.6 is 0 Å². The lowest BCUT2D eigenvalue weighted by atomic mass is 9.88. The van der Waals surface area contributed by atoms with Crippen molar-refractivity contribution in [1.82, 2.24) is 9.80 Å². The molecular weight excluding hydrogens is 415 g/mol. The molecule has 0 aliphatic carbocycles. The van der Waals surface area contributed by atoms with E-state index in [0.29, 0.717) is 19.0 Å². The maximum Gasteiger partial charge on any atom is 0.253 e. The first-order chi connectivity index (χ1) is 15.9. The van der Waals surface area contributed by atoms with Gasteiger partial charge >= 0.3 is 0 Å². The van der Waals surface area contributed by atoms with E-state index in [1.54, 1.807) is 0 Å². The molecule has 0 N–H and O–H groups in total. The Hall–Kier alpha value is -2.92. The molecule has 1 amide bonds. The zero-order valence-corrected chi connectivity index (χ0v) is 19.7. The summed E-state index contributed by atoms with van der Waals surface area (Å²) < 4.78 is 19.4. The van der Waals surface area contributed by atoms with Crippen LogP contribution in [-0.4, -0.2) is 41.9 Å². The van der Waals surface area contributed by atoms with Crippen molar-refractivity contribution in [3.05, 3.63) is 95.2 Å². The van der Waals surface area contributed by atoms with E-state index in [4.69, 9.17) is 4.42 Å². The minimum Gasteiger partial charge on any atom is -0.465 e. The van der Waals surface area contributed by atoms with Gasteiger partial charge in [0.1, 0.15) is 17.3 Å². The van der Waals surface area contributed by atoms with Gasteiger partial charge in [0.2, 0.25) is 0 Å². The fourth-order valence-corrected chi connectivity index (χ4v) is 4.88. The molecule has 0 unspecified atom stereocenters. The van der Waals surface area contributed by atoms with Crippen molar-refractivity contribution in [3.63, 3.8) is 0 Å². The second kappa shape index (κ2) is 10.3.